The van der Waals surface area contributed by atoms with Gasteiger partial charge in [0.1, 0.15) is 11.9 Å². The second-order valence-electron chi connectivity index (χ2n) is 11.4. The molecular formula is C31H43N5O4. The fraction of sp³-hybridized carbons (Fsp3) is 0.548. The van der Waals surface area contributed by atoms with Gasteiger partial charge in [-0.05, 0) is 56.6 Å². The Kier molecular flexibility index (Phi) is 10.0. The largest absolute Gasteiger partial charge is 0.461 e. The first kappa shape index (κ1) is 29.4. The molecule has 216 valence electrons. The molecule has 1 aliphatic carbocycles. The van der Waals surface area contributed by atoms with Crippen molar-refractivity contribution in [2.75, 3.05) is 6.61 Å². The number of carbonyl (C=O) groups excluding carboxylic acids is 3. The number of rotatable bonds is 12. The SMILES string of the molecule is CCOC(=O)c1nc([C@@H](Cc2c[nH]c3ccccc23)NC(=O)C(CC(C)C)NC(=O)CC2CCCCC2)[nH]c1C. The Labute approximate surface area is 236 Å². The molecule has 2 aromatic heterocycles. The first-order chi connectivity index (χ1) is 19.2. The van der Waals surface area contributed by atoms with Crippen LogP contribution in [-0.2, 0) is 20.7 Å². The molecule has 1 aromatic carbocycles. The molecule has 3 aromatic rings. The van der Waals surface area contributed by atoms with Crippen molar-refractivity contribution in [2.24, 2.45) is 11.8 Å². The number of imidazole rings is 1. The van der Waals surface area contributed by atoms with Crippen LogP contribution in [0.3, 0.4) is 0 Å². The summed E-state index contributed by atoms with van der Waals surface area (Å²) in [6.45, 7) is 7.84. The van der Waals surface area contributed by atoms with Crippen molar-refractivity contribution in [1.29, 1.82) is 0 Å². The molecule has 1 aliphatic rings. The van der Waals surface area contributed by atoms with Crippen LogP contribution in [0.1, 0.15) is 99.3 Å². The molecule has 1 fully saturated rings. The van der Waals surface area contributed by atoms with Crippen molar-refractivity contribution >= 4 is 28.7 Å². The van der Waals surface area contributed by atoms with Crippen LogP contribution in [0, 0.1) is 18.8 Å². The molecule has 40 heavy (non-hydrogen) atoms. The van der Waals surface area contributed by atoms with Crippen LogP contribution >= 0.6 is 0 Å². The number of para-hydroxylation sites is 1. The molecular weight excluding hydrogens is 506 g/mol. The lowest BCUT2D eigenvalue weighted by molar-refractivity contribution is -0.130. The number of aromatic nitrogens is 3. The van der Waals surface area contributed by atoms with E-state index in [4.69, 9.17) is 4.74 Å². The molecule has 1 saturated carbocycles. The van der Waals surface area contributed by atoms with E-state index in [-0.39, 0.29) is 30.0 Å². The number of esters is 1. The van der Waals surface area contributed by atoms with Gasteiger partial charge in [0.05, 0.1) is 12.6 Å². The van der Waals surface area contributed by atoms with Crippen molar-refractivity contribution in [2.45, 2.75) is 91.1 Å². The topological polar surface area (TPSA) is 129 Å². The standard InChI is InChI=1S/C31H43N5O4/c1-5-40-31(39)28-20(4)33-29(36-28)25(17-22-18-32-24-14-10-9-13-23(22)24)35-30(38)26(15-19(2)3)34-27(37)16-21-11-7-6-8-12-21/h9-10,13-14,18-19,21,25-26,32H,5-8,11-12,15-17H2,1-4H3,(H,33,36)(H,34,37)(H,35,38)/t25-,26?/m1/s1. The second kappa shape index (κ2) is 13.6. The second-order valence-corrected chi connectivity index (χ2v) is 11.4. The third-order valence-electron chi connectivity index (χ3n) is 7.67. The maximum Gasteiger partial charge on any atom is 0.358 e. The molecule has 0 aliphatic heterocycles. The fourth-order valence-electron chi connectivity index (χ4n) is 5.67. The highest BCUT2D eigenvalue weighted by Gasteiger charge is 2.29. The van der Waals surface area contributed by atoms with Crippen LogP contribution in [0.25, 0.3) is 10.9 Å². The molecule has 9 heteroatoms. The van der Waals surface area contributed by atoms with Gasteiger partial charge in [-0.15, -0.1) is 0 Å². The Morgan fingerprint density at radius 2 is 1.85 bits per heavy atom. The van der Waals surface area contributed by atoms with Gasteiger partial charge in [0, 0.05) is 35.6 Å². The molecule has 2 amide bonds. The minimum Gasteiger partial charge on any atom is -0.461 e. The van der Waals surface area contributed by atoms with Gasteiger partial charge in [-0.2, -0.15) is 0 Å². The van der Waals surface area contributed by atoms with Gasteiger partial charge in [0.2, 0.25) is 11.8 Å². The number of hydrogen-bond acceptors (Lipinski definition) is 5. The van der Waals surface area contributed by atoms with Crippen LogP contribution < -0.4 is 10.6 Å². The lowest BCUT2D eigenvalue weighted by Crippen LogP contribution is -2.49. The van der Waals surface area contributed by atoms with Gasteiger partial charge in [0.15, 0.2) is 5.69 Å². The zero-order valence-corrected chi connectivity index (χ0v) is 24.1. The number of hydrogen-bond donors (Lipinski definition) is 4. The monoisotopic (exact) mass is 549 g/mol. The Morgan fingerprint density at radius 3 is 2.58 bits per heavy atom. The quantitative estimate of drug-likeness (QED) is 0.229. The summed E-state index contributed by atoms with van der Waals surface area (Å²) in [7, 11) is 0. The summed E-state index contributed by atoms with van der Waals surface area (Å²) >= 11 is 0. The number of amides is 2. The Balaban J connectivity index is 1.57. The van der Waals surface area contributed by atoms with Crippen LogP contribution in [0.4, 0.5) is 0 Å². The van der Waals surface area contributed by atoms with E-state index < -0.39 is 18.1 Å². The summed E-state index contributed by atoms with van der Waals surface area (Å²) in [6, 6.07) is 6.76. The smallest absolute Gasteiger partial charge is 0.358 e. The number of carbonyl (C=O) groups is 3. The van der Waals surface area contributed by atoms with E-state index in [2.05, 4.69) is 25.6 Å². The molecule has 0 radical (unpaired) electrons. The third-order valence-corrected chi connectivity index (χ3v) is 7.67. The first-order valence-corrected chi connectivity index (χ1v) is 14.6. The molecule has 0 bridgehead atoms. The average molecular weight is 550 g/mol. The molecule has 0 spiro atoms. The summed E-state index contributed by atoms with van der Waals surface area (Å²) in [4.78, 5) is 50.3. The van der Waals surface area contributed by atoms with Crippen molar-refractivity contribution in [3.63, 3.8) is 0 Å². The summed E-state index contributed by atoms with van der Waals surface area (Å²) in [6.07, 6.45) is 9.06. The van der Waals surface area contributed by atoms with Crippen LogP contribution in [-0.4, -0.2) is 45.4 Å². The minimum absolute atomic E-state index is 0.0701. The average Bonchev–Trinajstić information content (AvgIpc) is 3.51. The van der Waals surface area contributed by atoms with E-state index in [9.17, 15) is 14.4 Å². The maximum atomic E-state index is 13.7. The lowest BCUT2D eigenvalue weighted by atomic mass is 9.86. The fourth-order valence-corrected chi connectivity index (χ4v) is 5.67. The van der Waals surface area contributed by atoms with Gasteiger partial charge >= 0.3 is 5.97 Å². The molecule has 0 saturated heterocycles. The predicted molar refractivity (Wildman–Crippen MR) is 155 cm³/mol. The highest BCUT2D eigenvalue weighted by Crippen LogP contribution is 2.27. The van der Waals surface area contributed by atoms with E-state index in [1.54, 1.807) is 13.8 Å². The Morgan fingerprint density at radius 1 is 1.10 bits per heavy atom. The minimum atomic E-state index is -0.665. The number of ether oxygens (including phenoxy) is 1. The molecule has 9 nitrogen and oxygen atoms in total. The normalized spacial score (nSPS) is 15.6. The number of H-pyrrole nitrogens is 2. The molecule has 4 rings (SSSR count). The van der Waals surface area contributed by atoms with Crippen molar-refractivity contribution in [1.82, 2.24) is 25.6 Å². The zero-order valence-electron chi connectivity index (χ0n) is 24.1. The van der Waals surface area contributed by atoms with Crippen LogP contribution in [0.2, 0.25) is 0 Å². The molecule has 2 atom stereocenters. The van der Waals surface area contributed by atoms with Crippen molar-refractivity contribution < 1.29 is 19.1 Å². The van der Waals surface area contributed by atoms with Crippen molar-refractivity contribution in [3.8, 4) is 0 Å². The number of fused-ring (bicyclic) bond motifs is 1. The van der Waals surface area contributed by atoms with E-state index >= 15 is 0 Å². The van der Waals surface area contributed by atoms with E-state index in [0.29, 0.717) is 36.7 Å². The van der Waals surface area contributed by atoms with Gasteiger partial charge in [-0.3, -0.25) is 9.59 Å². The highest BCUT2D eigenvalue weighted by molar-refractivity contribution is 5.89. The first-order valence-electron chi connectivity index (χ1n) is 14.6. The summed E-state index contributed by atoms with van der Waals surface area (Å²) in [5.41, 5.74) is 2.79. The van der Waals surface area contributed by atoms with Crippen LogP contribution in [0.5, 0.6) is 0 Å². The van der Waals surface area contributed by atoms with E-state index in [1.807, 2.05) is 44.3 Å². The number of aryl methyl sites for hydroxylation is 1. The van der Waals surface area contributed by atoms with Gasteiger partial charge < -0.3 is 25.3 Å². The van der Waals surface area contributed by atoms with Gasteiger partial charge in [-0.25, -0.2) is 9.78 Å². The summed E-state index contributed by atoms with van der Waals surface area (Å²) in [5, 5.41) is 7.23. The molecule has 4 N–H and O–H groups in total. The third kappa shape index (κ3) is 7.52. The van der Waals surface area contributed by atoms with Gasteiger partial charge in [-0.1, -0.05) is 51.3 Å². The maximum absolute atomic E-state index is 13.7. The zero-order chi connectivity index (χ0) is 28.6. The number of aromatic amines is 2. The van der Waals surface area contributed by atoms with Crippen LogP contribution in [0.15, 0.2) is 30.5 Å². The lowest BCUT2D eigenvalue weighted by Gasteiger charge is -2.25. The number of nitrogens with one attached hydrogen (secondary N) is 4. The van der Waals surface area contributed by atoms with Gasteiger partial charge in [0.25, 0.3) is 0 Å². The summed E-state index contributed by atoms with van der Waals surface area (Å²) in [5.74, 6) is 0.225. The predicted octanol–water partition coefficient (Wildman–Crippen LogP) is 5.28. The summed E-state index contributed by atoms with van der Waals surface area (Å²) < 4.78 is 5.17. The van der Waals surface area contributed by atoms with E-state index in [1.165, 1.54) is 19.3 Å². The van der Waals surface area contributed by atoms with Crippen molar-refractivity contribution in [3.05, 3.63) is 53.2 Å². The van der Waals surface area contributed by atoms with E-state index in [0.717, 1.165) is 29.3 Å². The molecule has 2 heterocycles. The highest BCUT2D eigenvalue weighted by atomic mass is 16.5. The Hall–Kier alpha value is -3.62. The Bertz CT molecular complexity index is 1300. The number of nitrogens with zero attached hydrogens (tertiary/aromatic N) is 1. The number of benzene rings is 1. The molecule has 1 unspecified atom stereocenters.